The number of nitrogens with zero attached hydrogens (tertiary/aromatic N) is 3. The first-order chi connectivity index (χ1) is 12.1. The summed E-state index contributed by atoms with van der Waals surface area (Å²) in [7, 11) is 4.05. The Hall–Kier alpha value is -2.18. The number of hydrogen-bond donors (Lipinski definition) is 2. The van der Waals surface area contributed by atoms with Gasteiger partial charge in [0.25, 0.3) is 0 Å². The lowest BCUT2D eigenvalue weighted by molar-refractivity contribution is 0.871. The number of benzene rings is 1. The Morgan fingerprint density at radius 2 is 2.04 bits per heavy atom. The molecule has 0 saturated heterocycles. The summed E-state index contributed by atoms with van der Waals surface area (Å²) in [6.07, 6.45) is 2.71. The van der Waals surface area contributed by atoms with Crippen molar-refractivity contribution in [3.05, 3.63) is 47.1 Å². The SMILES string of the molecule is CN(C)c1ccc(-c2cc3ncccc3c(NCCCN)n2)cc1Br. The molecule has 0 bridgehead atoms. The van der Waals surface area contributed by atoms with E-state index in [1.807, 2.05) is 32.3 Å². The van der Waals surface area contributed by atoms with Gasteiger partial charge < -0.3 is 16.0 Å². The molecular formula is C19H22BrN5. The fraction of sp³-hybridized carbons (Fsp3) is 0.263. The van der Waals surface area contributed by atoms with Crippen molar-refractivity contribution in [2.75, 3.05) is 37.4 Å². The van der Waals surface area contributed by atoms with E-state index in [4.69, 9.17) is 10.7 Å². The Morgan fingerprint density at radius 3 is 2.76 bits per heavy atom. The third-order valence-electron chi connectivity index (χ3n) is 4.00. The van der Waals surface area contributed by atoms with Crippen LogP contribution in [0.2, 0.25) is 0 Å². The Balaban J connectivity index is 2.05. The van der Waals surface area contributed by atoms with Crippen molar-refractivity contribution in [1.29, 1.82) is 0 Å². The predicted octanol–water partition coefficient (Wildman–Crippen LogP) is 3.89. The zero-order valence-corrected chi connectivity index (χ0v) is 16.0. The number of halogens is 1. The molecule has 0 fully saturated rings. The van der Waals surface area contributed by atoms with Gasteiger partial charge in [0, 0.05) is 42.3 Å². The maximum atomic E-state index is 5.60. The van der Waals surface area contributed by atoms with E-state index in [0.717, 1.165) is 51.1 Å². The molecule has 3 rings (SSSR count). The number of aromatic nitrogens is 2. The van der Waals surface area contributed by atoms with Crippen molar-refractivity contribution < 1.29 is 0 Å². The molecule has 0 aliphatic rings. The molecule has 0 saturated carbocycles. The van der Waals surface area contributed by atoms with Crippen molar-refractivity contribution in [2.45, 2.75) is 6.42 Å². The molecule has 0 spiro atoms. The lowest BCUT2D eigenvalue weighted by Crippen LogP contribution is -2.10. The predicted molar refractivity (Wildman–Crippen MR) is 109 cm³/mol. The van der Waals surface area contributed by atoms with Gasteiger partial charge in [-0.15, -0.1) is 0 Å². The van der Waals surface area contributed by atoms with Gasteiger partial charge in [-0.05, 0) is 59.2 Å². The molecule has 130 valence electrons. The van der Waals surface area contributed by atoms with E-state index in [2.05, 4.69) is 49.3 Å². The van der Waals surface area contributed by atoms with Crippen molar-refractivity contribution in [2.24, 2.45) is 5.73 Å². The second-order valence-corrected chi connectivity index (χ2v) is 6.91. The van der Waals surface area contributed by atoms with E-state index in [-0.39, 0.29) is 0 Å². The number of nitrogens with one attached hydrogen (secondary N) is 1. The summed E-state index contributed by atoms with van der Waals surface area (Å²) in [4.78, 5) is 11.4. The number of pyridine rings is 2. The quantitative estimate of drug-likeness (QED) is 0.615. The van der Waals surface area contributed by atoms with Crippen LogP contribution in [0.25, 0.3) is 22.2 Å². The molecule has 0 aliphatic heterocycles. The van der Waals surface area contributed by atoms with Gasteiger partial charge in [0.2, 0.25) is 0 Å². The summed E-state index contributed by atoms with van der Waals surface area (Å²) >= 11 is 3.65. The number of hydrogen-bond acceptors (Lipinski definition) is 5. The molecule has 6 heteroatoms. The van der Waals surface area contributed by atoms with E-state index in [1.165, 1.54) is 0 Å². The highest BCUT2D eigenvalue weighted by molar-refractivity contribution is 9.10. The molecule has 0 unspecified atom stereocenters. The molecule has 0 amide bonds. The molecular weight excluding hydrogens is 378 g/mol. The van der Waals surface area contributed by atoms with Crippen LogP contribution < -0.4 is 16.0 Å². The fourth-order valence-corrected chi connectivity index (χ4v) is 3.43. The Morgan fingerprint density at radius 1 is 1.20 bits per heavy atom. The summed E-state index contributed by atoms with van der Waals surface area (Å²) < 4.78 is 1.04. The van der Waals surface area contributed by atoms with Gasteiger partial charge in [0.1, 0.15) is 5.82 Å². The smallest absolute Gasteiger partial charge is 0.136 e. The number of nitrogens with two attached hydrogens (primary N) is 1. The third kappa shape index (κ3) is 3.91. The second kappa shape index (κ2) is 7.80. The van der Waals surface area contributed by atoms with E-state index in [0.29, 0.717) is 6.54 Å². The summed E-state index contributed by atoms with van der Waals surface area (Å²) in [6, 6.07) is 12.3. The maximum Gasteiger partial charge on any atom is 0.136 e. The van der Waals surface area contributed by atoms with Crippen LogP contribution in [0.15, 0.2) is 47.1 Å². The van der Waals surface area contributed by atoms with Crippen LogP contribution in [0, 0.1) is 0 Å². The molecule has 0 aliphatic carbocycles. The summed E-state index contributed by atoms with van der Waals surface area (Å²) in [5.41, 5.74) is 9.60. The summed E-state index contributed by atoms with van der Waals surface area (Å²) in [5, 5.41) is 4.41. The van der Waals surface area contributed by atoms with Crippen molar-refractivity contribution in [3.8, 4) is 11.3 Å². The molecule has 2 heterocycles. The van der Waals surface area contributed by atoms with Gasteiger partial charge in [0.15, 0.2) is 0 Å². The standard InChI is InChI=1S/C19H22BrN5/c1-25(2)18-7-6-13(11-15(18)20)16-12-17-14(5-3-9-22-17)19(24-16)23-10-4-8-21/h3,5-7,9,11-12H,4,8,10,21H2,1-2H3,(H,23,24). The average Bonchev–Trinajstić information content (AvgIpc) is 2.61. The van der Waals surface area contributed by atoms with Crippen LogP contribution >= 0.6 is 15.9 Å². The highest BCUT2D eigenvalue weighted by Crippen LogP contribution is 2.32. The van der Waals surface area contributed by atoms with Gasteiger partial charge in [0.05, 0.1) is 16.9 Å². The van der Waals surface area contributed by atoms with Gasteiger partial charge in [-0.1, -0.05) is 6.07 Å². The summed E-state index contributed by atoms with van der Waals surface area (Å²) in [5.74, 6) is 0.849. The maximum absolute atomic E-state index is 5.60. The minimum absolute atomic E-state index is 0.655. The molecule has 2 aromatic heterocycles. The minimum atomic E-state index is 0.655. The zero-order valence-electron chi connectivity index (χ0n) is 14.5. The van der Waals surface area contributed by atoms with Crippen LogP contribution in [0.3, 0.4) is 0 Å². The molecule has 0 radical (unpaired) electrons. The Labute approximate surface area is 156 Å². The molecule has 3 aromatic rings. The average molecular weight is 400 g/mol. The molecule has 25 heavy (non-hydrogen) atoms. The van der Waals surface area contributed by atoms with Gasteiger partial charge in [-0.25, -0.2) is 4.98 Å². The fourth-order valence-electron chi connectivity index (χ4n) is 2.70. The molecule has 3 N–H and O–H groups in total. The monoisotopic (exact) mass is 399 g/mol. The van der Waals surface area contributed by atoms with Crippen LogP contribution in [0.1, 0.15) is 6.42 Å². The van der Waals surface area contributed by atoms with Gasteiger partial charge >= 0.3 is 0 Å². The third-order valence-corrected chi connectivity index (χ3v) is 4.63. The largest absolute Gasteiger partial charge is 0.377 e. The van der Waals surface area contributed by atoms with Gasteiger partial charge in [-0.3, -0.25) is 4.98 Å². The Bertz CT molecular complexity index is 879. The number of anilines is 2. The van der Waals surface area contributed by atoms with E-state index in [1.54, 1.807) is 6.20 Å². The second-order valence-electron chi connectivity index (χ2n) is 6.06. The highest BCUT2D eigenvalue weighted by Gasteiger charge is 2.10. The van der Waals surface area contributed by atoms with E-state index >= 15 is 0 Å². The molecule has 1 aromatic carbocycles. The van der Waals surface area contributed by atoms with Crippen molar-refractivity contribution in [1.82, 2.24) is 9.97 Å². The van der Waals surface area contributed by atoms with E-state index in [9.17, 15) is 0 Å². The van der Waals surface area contributed by atoms with Crippen LogP contribution in [-0.2, 0) is 0 Å². The van der Waals surface area contributed by atoms with Crippen molar-refractivity contribution >= 4 is 38.3 Å². The Kier molecular flexibility index (Phi) is 5.50. The van der Waals surface area contributed by atoms with Crippen molar-refractivity contribution in [3.63, 3.8) is 0 Å². The lowest BCUT2D eigenvalue weighted by Gasteiger charge is -2.16. The first kappa shape index (κ1) is 17.6. The highest BCUT2D eigenvalue weighted by atomic mass is 79.9. The lowest BCUT2D eigenvalue weighted by atomic mass is 10.1. The number of fused-ring (bicyclic) bond motifs is 1. The first-order valence-corrected chi connectivity index (χ1v) is 9.06. The normalized spacial score (nSPS) is 10.9. The zero-order chi connectivity index (χ0) is 17.8. The minimum Gasteiger partial charge on any atom is -0.377 e. The molecule has 0 atom stereocenters. The van der Waals surface area contributed by atoms with Crippen LogP contribution in [-0.4, -0.2) is 37.2 Å². The van der Waals surface area contributed by atoms with E-state index < -0.39 is 0 Å². The summed E-state index contributed by atoms with van der Waals surface area (Å²) in [6.45, 7) is 1.45. The topological polar surface area (TPSA) is 67.1 Å². The van der Waals surface area contributed by atoms with Gasteiger partial charge in [-0.2, -0.15) is 0 Å². The van der Waals surface area contributed by atoms with Crippen LogP contribution in [0.5, 0.6) is 0 Å². The molecule has 5 nitrogen and oxygen atoms in total. The number of rotatable bonds is 6. The first-order valence-electron chi connectivity index (χ1n) is 8.27. The van der Waals surface area contributed by atoms with Crippen LogP contribution in [0.4, 0.5) is 11.5 Å².